The summed E-state index contributed by atoms with van der Waals surface area (Å²) in [6.07, 6.45) is 3.30. The molecule has 0 aromatic rings. The second kappa shape index (κ2) is 4.38. The van der Waals surface area contributed by atoms with Crippen molar-refractivity contribution in [2.24, 2.45) is 11.1 Å². The van der Waals surface area contributed by atoms with E-state index in [1.165, 1.54) is 4.90 Å². The van der Waals surface area contributed by atoms with Crippen LogP contribution in [0.1, 0.15) is 39.0 Å². The molecule has 1 aliphatic heterocycles. The molecule has 17 heavy (non-hydrogen) atoms. The van der Waals surface area contributed by atoms with Crippen LogP contribution >= 0.6 is 0 Å². The number of aliphatic hydroxyl groups is 1. The van der Waals surface area contributed by atoms with Crippen LogP contribution in [0.15, 0.2) is 0 Å². The molecule has 5 nitrogen and oxygen atoms in total. The van der Waals surface area contributed by atoms with E-state index in [0.717, 1.165) is 25.7 Å². The van der Waals surface area contributed by atoms with E-state index >= 15 is 0 Å². The van der Waals surface area contributed by atoms with Crippen molar-refractivity contribution in [3.8, 4) is 0 Å². The lowest BCUT2D eigenvalue weighted by Gasteiger charge is -2.24. The summed E-state index contributed by atoms with van der Waals surface area (Å²) in [7, 11) is 0. The van der Waals surface area contributed by atoms with Crippen molar-refractivity contribution in [2.45, 2.75) is 51.2 Å². The van der Waals surface area contributed by atoms with E-state index < -0.39 is 17.6 Å². The Morgan fingerprint density at radius 3 is 2.53 bits per heavy atom. The Hall–Kier alpha value is -0.940. The Bertz CT molecular complexity index is 335. The zero-order valence-electron chi connectivity index (χ0n) is 10.2. The zero-order chi connectivity index (χ0) is 12.6. The molecule has 0 aromatic heterocycles. The lowest BCUT2D eigenvalue weighted by Crippen LogP contribution is -2.47. The monoisotopic (exact) mass is 240 g/mol. The number of rotatable bonds is 3. The summed E-state index contributed by atoms with van der Waals surface area (Å²) in [4.78, 5) is 25.4. The van der Waals surface area contributed by atoms with E-state index in [9.17, 15) is 14.7 Å². The summed E-state index contributed by atoms with van der Waals surface area (Å²) < 4.78 is 0. The molecular weight excluding hydrogens is 220 g/mol. The van der Waals surface area contributed by atoms with Gasteiger partial charge >= 0.3 is 0 Å². The smallest absolute Gasteiger partial charge is 0.235 e. The van der Waals surface area contributed by atoms with Gasteiger partial charge in [0.25, 0.3) is 0 Å². The largest absolute Gasteiger partial charge is 0.392 e. The van der Waals surface area contributed by atoms with Gasteiger partial charge in [-0.05, 0) is 19.8 Å². The van der Waals surface area contributed by atoms with Crippen LogP contribution in [-0.2, 0) is 9.59 Å². The lowest BCUT2D eigenvalue weighted by molar-refractivity contribution is -0.141. The van der Waals surface area contributed by atoms with Crippen molar-refractivity contribution in [3.63, 3.8) is 0 Å². The van der Waals surface area contributed by atoms with Crippen molar-refractivity contribution in [1.29, 1.82) is 0 Å². The summed E-state index contributed by atoms with van der Waals surface area (Å²) in [5.41, 5.74) is 5.28. The molecule has 2 amide bonds. The highest BCUT2D eigenvalue weighted by atomic mass is 16.3. The molecule has 2 atom stereocenters. The summed E-state index contributed by atoms with van der Waals surface area (Å²) in [6.45, 7) is 1.71. The van der Waals surface area contributed by atoms with Gasteiger partial charge in [0, 0.05) is 19.0 Å². The third-order valence-corrected chi connectivity index (χ3v) is 4.06. The Labute approximate surface area is 101 Å². The van der Waals surface area contributed by atoms with E-state index in [1.807, 2.05) is 0 Å². The maximum atomic E-state index is 12.3. The van der Waals surface area contributed by atoms with Gasteiger partial charge in [-0.3, -0.25) is 14.5 Å². The number of imide groups is 1. The number of amides is 2. The van der Waals surface area contributed by atoms with Gasteiger partial charge in [0.2, 0.25) is 11.8 Å². The lowest BCUT2D eigenvalue weighted by atomic mass is 9.84. The molecule has 2 unspecified atom stereocenters. The van der Waals surface area contributed by atoms with Crippen molar-refractivity contribution < 1.29 is 14.7 Å². The quantitative estimate of drug-likeness (QED) is 0.681. The molecule has 0 radical (unpaired) electrons. The number of nitrogens with zero attached hydrogens (tertiary/aromatic N) is 1. The topological polar surface area (TPSA) is 83.6 Å². The van der Waals surface area contributed by atoms with Gasteiger partial charge in [0.1, 0.15) is 0 Å². The summed E-state index contributed by atoms with van der Waals surface area (Å²) in [5, 5.41) is 9.34. The van der Waals surface area contributed by atoms with Crippen LogP contribution < -0.4 is 5.73 Å². The molecule has 2 fully saturated rings. The number of carbonyl (C=O) groups is 2. The van der Waals surface area contributed by atoms with Gasteiger partial charge in [0.05, 0.1) is 11.5 Å². The molecule has 2 rings (SSSR count). The number of carbonyl (C=O) groups excluding carboxylic acids is 2. The van der Waals surface area contributed by atoms with Crippen LogP contribution in [0.3, 0.4) is 0 Å². The number of likely N-dealkylation sites (tertiary alicyclic amines) is 1. The van der Waals surface area contributed by atoms with Gasteiger partial charge in [-0.2, -0.15) is 0 Å². The molecule has 0 aromatic carbocycles. The van der Waals surface area contributed by atoms with Gasteiger partial charge < -0.3 is 10.8 Å². The van der Waals surface area contributed by atoms with Crippen molar-refractivity contribution in [2.75, 3.05) is 6.54 Å². The van der Waals surface area contributed by atoms with Crippen LogP contribution in [-0.4, -0.2) is 40.5 Å². The number of hydrogen-bond donors (Lipinski definition) is 2. The third-order valence-electron chi connectivity index (χ3n) is 4.06. The van der Waals surface area contributed by atoms with Crippen molar-refractivity contribution in [3.05, 3.63) is 0 Å². The average Bonchev–Trinajstić information content (AvgIpc) is 2.81. The van der Waals surface area contributed by atoms with E-state index in [-0.39, 0.29) is 18.4 Å². The Morgan fingerprint density at radius 2 is 2.00 bits per heavy atom. The van der Waals surface area contributed by atoms with Crippen LogP contribution in [0.25, 0.3) is 0 Å². The minimum atomic E-state index is -0.712. The molecule has 1 heterocycles. The first-order valence-electron chi connectivity index (χ1n) is 6.25. The number of aliphatic hydroxyl groups excluding tert-OH is 1. The molecule has 1 saturated heterocycles. The minimum Gasteiger partial charge on any atom is -0.392 e. The molecule has 1 spiro atoms. The highest BCUT2D eigenvalue weighted by Gasteiger charge is 2.52. The first kappa shape index (κ1) is 12.5. The fourth-order valence-corrected chi connectivity index (χ4v) is 2.85. The first-order chi connectivity index (χ1) is 7.96. The summed E-state index contributed by atoms with van der Waals surface area (Å²) in [6, 6.07) is -0.556. The SMILES string of the molecule is CC(O)C(N)CN1C(=O)CC2(CCCC2)C1=O. The normalized spacial score (nSPS) is 26.9. The average molecular weight is 240 g/mol. The van der Waals surface area contributed by atoms with Gasteiger partial charge in [-0.1, -0.05) is 12.8 Å². The molecule has 1 aliphatic carbocycles. The fourth-order valence-electron chi connectivity index (χ4n) is 2.85. The fraction of sp³-hybridized carbons (Fsp3) is 0.833. The summed E-state index contributed by atoms with van der Waals surface area (Å²) >= 11 is 0. The van der Waals surface area contributed by atoms with Crippen LogP contribution in [0.4, 0.5) is 0 Å². The second-order valence-corrected chi connectivity index (χ2v) is 5.38. The van der Waals surface area contributed by atoms with E-state index in [2.05, 4.69) is 0 Å². The van der Waals surface area contributed by atoms with E-state index in [1.54, 1.807) is 6.92 Å². The predicted molar refractivity (Wildman–Crippen MR) is 61.9 cm³/mol. The van der Waals surface area contributed by atoms with Gasteiger partial charge in [0.15, 0.2) is 0 Å². The van der Waals surface area contributed by atoms with Gasteiger partial charge in [-0.15, -0.1) is 0 Å². The molecule has 96 valence electrons. The van der Waals surface area contributed by atoms with E-state index in [4.69, 9.17) is 5.73 Å². The van der Waals surface area contributed by atoms with Gasteiger partial charge in [-0.25, -0.2) is 0 Å². The molecule has 0 bridgehead atoms. The van der Waals surface area contributed by atoms with Crippen molar-refractivity contribution >= 4 is 11.8 Å². The third kappa shape index (κ3) is 2.09. The Kier molecular flexibility index (Phi) is 3.23. The molecule has 1 saturated carbocycles. The molecule has 3 N–H and O–H groups in total. The maximum Gasteiger partial charge on any atom is 0.235 e. The highest BCUT2D eigenvalue weighted by molar-refractivity contribution is 6.06. The first-order valence-corrected chi connectivity index (χ1v) is 6.25. The number of hydrogen-bond acceptors (Lipinski definition) is 4. The Morgan fingerprint density at radius 1 is 1.41 bits per heavy atom. The van der Waals surface area contributed by atoms with Crippen LogP contribution in [0, 0.1) is 5.41 Å². The highest BCUT2D eigenvalue weighted by Crippen LogP contribution is 2.46. The van der Waals surface area contributed by atoms with Crippen LogP contribution in [0.5, 0.6) is 0 Å². The van der Waals surface area contributed by atoms with Crippen LogP contribution in [0.2, 0.25) is 0 Å². The van der Waals surface area contributed by atoms with E-state index in [0.29, 0.717) is 6.42 Å². The summed E-state index contributed by atoms with van der Waals surface area (Å²) in [5.74, 6) is -0.205. The molecule has 5 heteroatoms. The minimum absolute atomic E-state index is 0.0731. The number of nitrogens with two attached hydrogens (primary N) is 1. The second-order valence-electron chi connectivity index (χ2n) is 5.38. The standard InChI is InChI=1S/C12H20N2O3/c1-8(15)9(13)7-14-10(16)6-12(11(14)17)4-2-3-5-12/h8-9,15H,2-7,13H2,1H3. The van der Waals surface area contributed by atoms with Crippen molar-refractivity contribution in [1.82, 2.24) is 4.90 Å². The predicted octanol–water partition coefficient (Wildman–Crippen LogP) is 0.0138. The zero-order valence-corrected chi connectivity index (χ0v) is 10.2. The maximum absolute atomic E-state index is 12.3. The molecule has 2 aliphatic rings. The Balaban J connectivity index is 2.09. The molecular formula is C12H20N2O3.